The molecule has 2 heterocycles. The number of esters is 1. The van der Waals surface area contributed by atoms with Crippen molar-refractivity contribution in [1.29, 1.82) is 0 Å². The molecule has 156 valence electrons. The molecule has 5 nitrogen and oxygen atoms in total. The number of hydrogen-bond donors (Lipinski definition) is 0. The lowest BCUT2D eigenvalue weighted by Gasteiger charge is -2.26. The molecule has 5 rings (SSSR count). The van der Waals surface area contributed by atoms with E-state index in [2.05, 4.69) is 0 Å². The van der Waals surface area contributed by atoms with Crippen molar-refractivity contribution in [2.75, 3.05) is 19.7 Å². The summed E-state index contributed by atoms with van der Waals surface area (Å²) >= 11 is 1.60. The van der Waals surface area contributed by atoms with Crippen molar-refractivity contribution in [3.05, 3.63) is 66.2 Å². The highest BCUT2D eigenvalue weighted by Gasteiger charge is 2.21. The lowest BCUT2D eigenvalue weighted by molar-refractivity contribution is -0.135. The molecule has 0 N–H and O–H groups in total. The van der Waals surface area contributed by atoms with Crippen molar-refractivity contribution in [2.24, 2.45) is 0 Å². The molecule has 0 saturated carbocycles. The van der Waals surface area contributed by atoms with Gasteiger partial charge in [0, 0.05) is 24.0 Å². The van der Waals surface area contributed by atoms with Gasteiger partial charge in [0.05, 0.1) is 15.8 Å². The minimum Gasteiger partial charge on any atom is -0.452 e. The van der Waals surface area contributed by atoms with Gasteiger partial charge >= 0.3 is 5.97 Å². The van der Waals surface area contributed by atoms with Crippen LogP contribution in [0, 0.1) is 0 Å². The van der Waals surface area contributed by atoms with Crippen molar-refractivity contribution in [2.45, 2.75) is 19.3 Å². The van der Waals surface area contributed by atoms with Gasteiger partial charge in [-0.1, -0.05) is 42.5 Å². The van der Waals surface area contributed by atoms with Crippen LogP contribution in [0.25, 0.3) is 31.6 Å². The Bertz CT molecular complexity index is 1240. The Labute approximate surface area is 184 Å². The third kappa shape index (κ3) is 3.91. The van der Waals surface area contributed by atoms with Gasteiger partial charge in [-0.15, -0.1) is 11.3 Å². The number of piperidine rings is 1. The van der Waals surface area contributed by atoms with Gasteiger partial charge in [0.25, 0.3) is 5.91 Å². The van der Waals surface area contributed by atoms with Gasteiger partial charge in [-0.25, -0.2) is 9.78 Å². The molecule has 1 fully saturated rings. The number of rotatable bonds is 4. The van der Waals surface area contributed by atoms with Crippen LogP contribution in [0.2, 0.25) is 0 Å². The quantitative estimate of drug-likeness (QED) is 0.413. The zero-order valence-electron chi connectivity index (χ0n) is 17.0. The van der Waals surface area contributed by atoms with E-state index in [9.17, 15) is 9.59 Å². The van der Waals surface area contributed by atoms with Gasteiger partial charge in [0.2, 0.25) is 0 Å². The largest absolute Gasteiger partial charge is 0.452 e. The van der Waals surface area contributed by atoms with E-state index in [4.69, 9.17) is 9.72 Å². The minimum atomic E-state index is -0.482. The van der Waals surface area contributed by atoms with Crippen LogP contribution in [-0.4, -0.2) is 41.5 Å². The van der Waals surface area contributed by atoms with E-state index in [1.807, 2.05) is 54.6 Å². The summed E-state index contributed by atoms with van der Waals surface area (Å²) in [7, 11) is 0. The SMILES string of the molecule is O=C(OCC(=O)N1CCCCC1)c1cccc2cccc(-c3nc4ccccc4s3)c12. The van der Waals surface area contributed by atoms with Crippen molar-refractivity contribution in [3.63, 3.8) is 0 Å². The normalized spacial score (nSPS) is 14.1. The van der Waals surface area contributed by atoms with Gasteiger partial charge in [-0.2, -0.15) is 0 Å². The summed E-state index contributed by atoms with van der Waals surface area (Å²) in [6.07, 6.45) is 3.16. The number of nitrogens with zero attached hydrogens (tertiary/aromatic N) is 2. The Balaban J connectivity index is 1.47. The highest BCUT2D eigenvalue weighted by molar-refractivity contribution is 7.21. The predicted octanol–water partition coefficient (Wildman–Crippen LogP) is 5.29. The lowest BCUT2D eigenvalue weighted by atomic mass is 9.99. The fourth-order valence-corrected chi connectivity index (χ4v) is 5.11. The first-order chi connectivity index (χ1) is 15.2. The first-order valence-corrected chi connectivity index (χ1v) is 11.3. The molecular weight excluding hydrogens is 408 g/mol. The number of fused-ring (bicyclic) bond motifs is 2. The highest BCUT2D eigenvalue weighted by atomic mass is 32.1. The van der Waals surface area contributed by atoms with E-state index in [1.54, 1.807) is 22.3 Å². The monoisotopic (exact) mass is 430 g/mol. The smallest absolute Gasteiger partial charge is 0.339 e. The van der Waals surface area contributed by atoms with Crippen LogP contribution in [0.5, 0.6) is 0 Å². The maximum Gasteiger partial charge on any atom is 0.339 e. The van der Waals surface area contributed by atoms with E-state index >= 15 is 0 Å². The first-order valence-electron chi connectivity index (χ1n) is 10.5. The molecule has 0 bridgehead atoms. The minimum absolute atomic E-state index is 0.125. The van der Waals surface area contributed by atoms with E-state index < -0.39 is 5.97 Å². The Morgan fingerprint density at radius 2 is 1.71 bits per heavy atom. The molecule has 0 radical (unpaired) electrons. The third-order valence-corrected chi connectivity index (χ3v) is 6.75. The Morgan fingerprint density at radius 1 is 0.935 bits per heavy atom. The summed E-state index contributed by atoms with van der Waals surface area (Å²) < 4.78 is 6.55. The summed E-state index contributed by atoms with van der Waals surface area (Å²) in [5.74, 6) is -0.607. The molecule has 3 aromatic carbocycles. The number of carbonyl (C=O) groups is 2. The van der Waals surface area contributed by atoms with Gasteiger partial charge in [0.1, 0.15) is 5.01 Å². The second-order valence-corrected chi connectivity index (χ2v) is 8.74. The number of thiazole rings is 1. The molecule has 1 amide bonds. The summed E-state index contributed by atoms with van der Waals surface area (Å²) in [5, 5.41) is 2.60. The fraction of sp³-hybridized carbons (Fsp3) is 0.240. The number of hydrogen-bond acceptors (Lipinski definition) is 5. The van der Waals surface area contributed by atoms with Gasteiger partial charge in [-0.3, -0.25) is 4.79 Å². The van der Waals surface area contributed by atoms with Crippen molar-refractivity contribution >= 4 is 44.2 Å². The van der Waals surface area contributed by atoms with Crippen molar-refractivity contribution in [1.82, 2.24) is 9.88 Å². The van der Waals surface area contributed by atoms with Crippen LogP contribution in [-0.2, 0) is 9.53 Å². The number of amides is 1. The maximum atomic E-state index is 13.0. The van der Waals surface area contributed by atoms with Crippen molar-refractivity contribution in [3.8, 4) is 10.6 Å². The van der Waals surface area contributed by atoms with Crippen LogP contribution in [0.15, 0.2) is 60.7 Å². The number of benzene rings is 3. The molecule has 1 aliphatic heterocycles. The third-order valence-electron chi connectivity index (χ3n) is 5.68. The number of para-hydroxylation sites is 1. The average molecular weight is 431 g/mol. The van der Waals surface area contributed by atoms with Crippen molar-refractivity contribution < 1.29 is 14.3 Å². The van der Waals surface area contributed by atoms with Gasteiger partial charge in [0.15, 0.2) is 6.61 Å². The summed E-state index contributed by atoms with van der Waals surface area (Å²) in [6.45, 7) is 1.26. The Morgan fingerprint density at radius 3 is 2.52 bits per heavy atom. The van der Waals surface area contributed by atoms with Gasteiger partial charge < -0.3 is 9.64 Å². The molecule has 0 unspecified atom stereocenters. The van der Waals surface area contributed by atoms with Crippen LogP contribution >= 0.6 is 11.3 Å². The fourth-order valence-electron chi connectivity index (χ4n) is 4.12. The van der Waals surface area contributed by atoms with E-state index in [-0.39, 0.29) is 12.5 Å². The molecule has 1 aliphatic rings. The van der Waals surface area contributed by atoms with Gasteiger partial charge in [-0.05, 0) is 42.8 Å². The highest BCUT2D eigenvalue weighted by Crippen LogP contribution is 2.36. The summed E-state index contributed by atoms with van der Waals surface area (Å²) in [4.78, 5) is 32.0. The molecule has 31 heavy (non-hydrogen) atoms. The number of aromatic nitrogens is 1. The zero-order chi connectivity index (χ0) is 21.2. The number of carbonyl (C=O) groups excluding carboxylic acids is 2. The van der Waals surface area contributed by atoms with E-state index in [0.717, 1.165) is 63.9 Å². The number of ether oxygens (including phenoxy) is 1. The molecule has 1 saturated heterocycles. The molecule has 6 heteroatoms. The summed E-state index contributed by atoms with van der Waals surface area (Å²) in [5.41, 5.74) is 2.29. The van der Waals surface area contributed by atoms with E-state index in [0.29, 0.717) is 5.56 Å². The van der Waals surface area contributed by atoms with Crippen LogP contribution in [0.4, 0.5) is 0 Å². The maximum absolute atomic E-state index is 13.0. The molecule has 0 aliphatic carbocycles. The van der Waals surface area contributed by atoms with Crippen LogP contribution in [0.3, 0.4) is 0 Å². The van der Waals surface area contributed by atoms with E-state index in [1.165, 1.54) is 0 Å². The topological polar surface area (TPSA) is 59.5 Å². The standard InChI is InChI=1S/C25H22N2O3S/c28-22(27-14-4-1-5-15-27)16-30-25(29)19-11-7-9-17-8-6-10-18(23(17)19)24-26-20-12-2-3-13-21(20)31-24/h2-3,6-13H,1,4-5,14-16H2. The Kier molecular flexibility index (Phi) is 5.38. The zero-order valence-corrected chi connectivity index (χ0v) is 17.9. The molecule has 1 aromatic heterocycles. The molecule has 4 aromatic rings. The number of likely N-dealkylation sites (tertiary alicyclic amines) is 1. The molecule has 0 spiro atoms. The first kappa shape index (κ1) is 19.7. The molecular formula is C25H22N2O3S. The second-order valence-electron chi connectivity index (χ2n) is 7.71. The Hall–Kier alpha value is -3.25. The molecule has 0 atom stereocenters. The second kappa shape index (κ2) is 8.47. The predicted molar refractivity (Wildman–Crippen MR) is 123 cm³/mol. The van der Waals surface area contributed by atoms with Crippen LogP contribution < -0.4 is 0 Å². The average Bonchev–Trinajstić information content (AvgIpc) is 3.26. The van der Waals surface area contributed by atoms with Crippen LogP contribution in [0.1, 0.15) is 29.6 Å². The summed E-state index contributed by atoms with van der Waals surface area (Å²) in [6, 6.07) is 19.5. The lowest BCUT2D eigenvalue weighted by Crippen LogP contribution is -2.38.